The lowest BCUT2D eigenvalue weighted by molar-refractivity contribution is 0.0911. The first kappa shape index (κ1) is 26.8. The normalized spacial score (nSPS) is 13.3. The minimum absolute atomic E-state index is 0.222. The molecule has 6 N–H and O–H groups in total. The van der Waals surface area contributed by atoms with Gasteiger partial charge in [0.2, 0.25) is 5.95 Å². The number of amides is 1. The molecule has 0 bridgehead atoms. The minimum atomic E-state index is -4.59. The van der Waals surface area contributed by atoms with Crippen LogP contribution in [0.25, 0.3) is 11.3 Å². The Labute approximate surface area is 207 Å². The number of phosphoric acid groups is 1. The van der Waals surface area contributed by atoms with Crippen molar-refractivity contribution in [3.8, 4) is 11.3 Å². The van der Waals surface area contributed by atoms with Gasteiger partial charge in [0.1, 0.15) is 5.69 Å². The molecule has 13 heteroatoms. The molecule has 2 aromatic heterocycles. The van der Waals surface area contributed by atoms with Crippen LogP contribution >= 0.6 is 19.4 Å². The maximum atomic E-state index is 12.8. The summed E-state index contributed by atoms with van der Waals surface area (Å²) in [6.45, 7) is 3.13. The molecule has 2 heterocycles. The van der Waals surface area contributed by atoms with Crippen LogP contribution in [0.3, 0.4) is 0 Å². The fourth-order valence-corrected chi connectivity index (χ4v) is 3.86. The number of nitrogens with one attached hydrogen (secondary N) is 3. The summed E-state index contributed by atoms with van der Waals surface area (Å²) in [4.78, 5) is 42.3. The lowest BCUT2D eigenvalue weighted by Crippen LogP contribution is -2.31. The first-order valence-corrected chi connectivity index (χ1v) is 12.7. The van der Waals surface area contributed by atoms with Crippen LogP contribution in [0.1, 0.15) is 41.0 Å². The molecule has 0 saturated heterocycles. The molecular weight excluding hydrogens is 497 g/mol. The number of benzene rings is 1. The quantitative estimate of drug-likeness (QED) is 0.206. The maximum absolute atomic E-state index is 12.8. The number of carbonyl (C=O) groups excluding carboxylic acids is 1. The molecule has 2 atom stereocenters. The highest BCUT2D eigenvalue weighted by atomic mass is 35.5. The third-order valence-electron chi connectivity index (χ3n) is 5.18. The number of aryl methyl sites for hydroxylation is 1. The van der Waals surface area contributed by atoms with Gasteiger partial charge in [-0.3, -0.25) is 9.32 Å². The minimum Gasteiger partial charge on any atom is -0.394 e. The number of rotatable bonds is 11. The molecule has 0 unspecified atom stereocenters. The zero-order valence-electron chi connectivity index (χ0n) is 19.1. The van der Waals surface area contributed by atoms with Crippen molar-refractivity contribution in [2.45, 2.75) is 32.4 Å². The molecule has 0 fully saturated rings. The highest BCUT2D eigenvalue weighted by molar-refractivity contribution is 7.46. The van der Waals surface area contributed by atoms with Gasteiger partial charge in [0, 0.05) is 23.0 Å². The highest BCUT2D eigenvalue weighted by Crippen LogP contribution is 2.36. The number of aliphatic hydroxyl groups is 1. The van der Waals surface area contributed by atoms with Gasteiger partial charge in [0.25, 0.3) is 5.91 Å². The van der Waals surface area contributed by atoms with Crippen molar-refractivity contribution >= 4 is 31.3 Å². The van der Waals surface area contributed by atoms with Crippen LogP contribution in [0.5, 0.6) is 0 Å². The maximum Gasteiger partial charge on any atom is 0.469 e. The van der Waals surface area contributed by atoms with Crippen molar-refractivity contribution in [1.82, 2.24) is 20.3 Å². The van der Waals surface area contributed by atoms with E-state index in [9.17, 15) is 14.5 Å². The number of anilines is 1. The molecule has 0 aliphatic rings. The second-order valence-corrected chi connectivity index (χ2v) is 9.50. The lowest BCUT2D eigenvalue weighted by atomic mass is 10.1. The second-order valence-electron chi connectivity index (χ2n) is 7.83. The van der Waals surface area contributed by atoms with Crippen LogP contribution in [0, 0.1) is 6.92 Å². The van der Waals surface area contributed by atoms with E-state index in [4.69, 9.17) is 21.4 Å². The number of hydrogen-bond donors (Lipinski definition) is 6. The molecule has 0 spiro atoms. The topological polar surface area (TPSA) is 170 Å². The number of hydrogen-bond acceptors (Lipinski definition) is 7. The van der Waals surface area contributed by atoms with E-state index in [1.54, 1.807) is 42.7 Å². The van der Waals surface area contributed by atoms with Crippen molar-refractivity contribution in [1.29, 1.82) is 0 Å². The van der Waals surface area contributed by atoms with E-state index in [1.807, 2.05) is 13.8 Å². The number of carbonyl (C=O) groups is 1. The predicted octanol–water partition coefficient (Wildman–Crippen LogP) is 3.20. The molecule has 0 saturated carbocycles. The molecule has 11 nitrogen and oxygen atoms in total. The summed E-state index contributed by atoms with van der Waals surface area (Å²) in [6, 6.07) is 7.47. The summed E-state index contributed by atoms with van der Waals surface area (Å²) in [7, 11) is -4.59. The van der Waals surface area contributed by atoms with E-state index < -0.39 is 25.8 Å². The summed E-state index contributed by atoms with van der Waals surface area (Å²) in [6.07, 6.45) is 3.75. The highest BCUT2D eigenvalue weighted by Gasteiger charge is 2.20. The zero-order valence-corrected chi connectivity index (χ0v) is 20.8. The van der Waals surface area contributed by atoms with Crippen molar-refractivity contribution in [3.05, 3.63) is 64.6 Å². The van der Waals surface area contributed by atoms with Gasteiger partial charge in [-0.05, 0) is 42.7 Å². The van der Waals surface area contributed by atoms with Crippen molar-refractivity contribution in [2.24, 2.45) is 0 Å². The smallest absolute Gasteiger partial charge is 0.394 e. The summed E-state index contributed by atoms with van der Waals surface area (Å²) >= 11 is 6.02. The van der Waals surface area contributed by atoms with Gasteiger partial charge in [0.05, 0.1) is 31.0 Å². The van der Waals surface area contributed by atoms with E-state index in [-0.39, 0.29) is 24.9 Å². The number of H-pyrrole nitrogens is 1. The Morgan fingerprint density at radius 2 is 2.09 bits per heavy atom. The van der Waals surface area contributed by atoms with Gasteiger partial charge >= 0.3 is 7.82 Å². The largest absolute Gasteiger partial charge is 0.469 e. The number of nitrogens with zero attached hydrogens (tertiary/aromatic N) is 2. The summed E-state index contributed by atoms with van der Waals surface area (Å²) < 4.78 is 15.6. The third kappa shape index (κ3) is 7.60. The molecule has 0 aliphatic carbocycles. The van der Waals surface area contributed by atoms with Crippen LogP contribution in [-0.4, -0.2) is 55.0 Å². The van der Waals surface area contributed by atoms with Gasteiger partial charge in [-0.15, -0.1) is 0 Å². The average molecular weight is 524 g/mol. The van der Waals surface area contributed by atoms with Crippen molar-refractivity contribution < 1.29 is 28.8 Å². The lowest BCUT2D eigenvalue weighted by Gasteiger charge is -2.18. The number of phosphoric ester groups is 1. The Morgan fingerprint density at radius 3 is 2.74 bits per heavy atom. The monoisotopic (exact) mass is 523 g/mol. The zero-order chi connectivity index (χ0) is 25.6. The van der Waals surface area contributed by atoms with Crippen LogP contribution in [0.15, 0.2) is 42.7 Å². The molecule has 0 radical (unpaired) electrons. The van der Waals surface area contributed by atoms with Gasteiger partial charge in [0.15, 0.2) is 0 Å². The SMILES string of the molecule is CC[C@@H](COP(=O)(O)O)Nc1ncc(C)c(-c2c[nH]c(C(=O)N[C@H](CO)c3cccc(Cl)c3)c2)n1. The molecule has 3 rings (SSSR count). The summed E-state index contributed by atoms with van der Waals surface area (Å²) in [5, 5.41) is 16.0. The van der Waals surface area contributed by atoms with Gasteiger partial charge in [-0.2, -0.15) is 0 Å². The molecule has 0 aliphatic heterocycles. The van der Waals surface area contributed by atoms with Crippen LogP contribution < -0.4 is 10.6 Å². The van der Waals surface area contributed by atoms with Crippen molar-refractivity contribution in [2.75, 3.05) is 18.5 Å². The summed E-state index contributed by atoms with van der Waals surface area (Å²) in [5.74, 6) is -0.166. The van der Waals surface area contributed by atoms with Crippen LogP contribution in [0.2, 0.25) is 5.02 Å². The van der Waals surface area contributed by atoms with Crippen LogP contribution in [-0.2, 0) is 9.09 Å². The second kappa shape index (κ2) is 11.8. The fraction of sp³-hybridized carbons (Fsp3) is 0.318. The number of halogens is 1. The Kier molecular flexibility index (Phi) is 9.01. The molecule has 1 amide bonds. The molecule has 3 aromatic rings. The first-order valence-electron chi connectivity index (χ1n) is 10.8. The van der Waals surface area contributed by atoms with Gasteiger partial charge < -0.3 is 30.5 Å². The summed E-state index contributed by atoms with van der Waals surface area (Å²) in [5.41, 5.74) is 2.91. The molecular formula is C22H27ClN5O6P. The third-order valence-corrected chi connectivity index (χ3v) is 5.90. The van der Waals surface area contributed by atoms with Crippen molar-refractivity contribution in [3.63, 3.8) is 0 Å². The number of aromatic amines is 1. The van der Waals surface area contributed by atoms with E-state index in [0.29, 0.717) is 28.3 Å². The molecule has 188 valence electrons. The van der Waals surface area contributed by atoms with E-state index in [2.05, 4.69) is 30.1 Å². The van der Waals surface area contributed by atoms with Gasteiger partial charge in [-0.1, -0.05) is 30.7 Å². The Hall–Kier alpha value is -2.79. The fourth-order valence-electron chi connectivity index (χ4n) is 3.29. The Balaban J connectivity index is 1.74. The van der Waals surface area contributed by atoms with E-state index in [0.717, 1.165) is 5.56 Å². The van der Waals surface area contributed by atoms with Crippen LogP contribution in [0.4, 0.5) is 5.95 Å². The standard InChI is InChI=1S/C22H27ClN5O6P/c1-3-17(12-34-35(31,32)33)26-22-25-9-13(2)20(28-22)15-8-18(24-10-15)21(30)27-19(11-29)14-5-4-6-16(23)7-14/h4-10,17,19,24,29H,3,11-12H2,1-2H3,(H,27,30)(H,25,26,28)(H2,31,32,33)/t17-,19+/m0/s1. The molecule has 1 aromatic carbocycles. The molecule has 35 heavy (non-hydrogen) atoms. The van der Waals surface area contributed by atoms with E-state index >= 15 is 0 Å². The Bertz CT molecular complexity index is 1220. The Morgan fingerprint density at radius 1 is 1.31 bits per heavy atom. The van der Waals surface area contributed by atoms with Gasteiger partial charge in [-0.25, -0.2) is 14.5 Å². The average Bonchev–Trinajstić information content (AvgIpc) is 3.30. The predicted molar refractivity (Wildman–Crippen MR) is 131 cm³/mol. The van der Waals surface area contributed by atoms with E-state index in [1.165, 1.54) is 0 Å². The first-order chi connectivity index (χ1) is 16.6. The number of aliphatic hydroxyl groups excluding tert-OH is 1. The number of aromatic nitrogens is 3.